The Kier molecular flexibility index (Phi) is 3.46. The third-order valence-electron chi connectivity index (χ3n) is 3.04. The molecule has 0 aliphatic heterocycles. The number of nitrogens with zero attached hydrogens (tertiary/aromatic N) is 2. The summed E-state index contributed by atoms with van der Waals surface area (Å²) < 4.78 is 26.9. The second-order valence-electron chi connectivity index (χ2n) is 5.78. The van der Waals surface area contributed by atoms with Gasteiger partial charge in [-0.1, -0.05) is 20.8 Å². The van der Waals surface area contributed by atoms with Crippen LogP contribution >= 0.6 is 0 Å². The molecule has 2 aromatic rings. The predicted molar refractivity (Wildman–Crippen MR) is 75.2 cm³/mol. The third-order valence-corrected chi connectivity index (χ3v) is 3.04. The van der Waals surface area contributed by atoms with Gasteiger partial charge in [0.25, 0.3) is 0 Å². The van der Waals surface area contributed by atoms with Gasteiger partial charge in [-0.05, 0) is 19.1 Å². The van der Waals surface area contributed by atoms with E-state index in [0.717, 1.165) is 6.07 Å². The van der Waals surface area contributed by atoms with Gasteiger partial charge in [-0.15, -0.1) is 0 Å². The molecule has 0 bridgehead atoms. The summed E-state index contributed by atoms with van der Waals surface area (Å²) in [6, 6.07) is 3.41. The van der Waals surface area contributed by atoms with Gasteiger partial charge in [0.15, 0.2) is 0 Å². The molecule has 0 amide bonds. The van der Waals surface area contributed by atoms with Gasteiger partial charge in [-0.2, -0.15) is 0 Å². The van der Waals surface area contributed by atoms with Crippen LogP contribution in [-0.4, -0.2) is 9.97 Å². The number of benzene rings is 1. The molecule has 0 atom stereocenters. The zero-order valence-corrected chi connectivity index (χ0v) is 12.0. The lowest BCUT2D eigenvalue weighted by Gasteiger charge is -2.19. The van der Waals surface area contributed by atoms with Gasteiger partial charge in [-0.25, -0.2) is 18.7 Å². The van der Waals surface area contributed by atoms with Crippen LogP contribution in [0.15, 0.2) is 18.2 Å². The molecular formula is C15H17F2N3. The van der Waals surface area contributed by atoms with Crippen molar-refractivity contribution >= 4 is 5.82 Å². The highest BCUT2D eigenvalue weighted by Gasteiger charge is 2.22. The summed E-state index contributed by atoms with van der Waals surface area (Å²) >= 11 is 0. The number of nitrogens with two attached hydrogens (primary N) is 1. The second kappa shape index (κ2) is 4.81. The van der Waals surface area contributed by atoms with E-state index in [9.17, 15) is 8.78 Å². The maximum Gasteiger partial charge on any atom is 0.136 e. The van der Waals surface area contributed by atoms with Crippen LogP contribution in [-0.2, 0) is 5.41 Å². The lowest BCUT2D eigenvalue weighted by molar-refractivity contribution is 0.545. The van der Waals surface area contributed by atoms with E-state index in [4.69, 9.17) is 5.73 Å². The summed E-state index contributed by atoms with van der Waals surface area (Å²) in [6.07, 6.45) is 0. The highest BCUT2D eigenvalue weighted by molar-refractivity contribution is 5.68. The van der Waals surface area contributed by atoms with Crippen molar-refractivity contribution in [3.63, 3.8) is 0 Å². The van der Waals surface area contributed by atoms with Crippen molar-refractivity contribution in [2.75, 3.05) is 5.73 Å². The lowest BCUT2D eigenvalue weighted by Crippen LogP contribution is -2.18. The van der Waals surface area contributed by atoms with Crippen LogP contribution in [0, 0.1) is 18.6 Å². The first-order valence-electron chi connectivity index (χ1n) is 6.30. The molecule has 0 spiro atoms. The minimum atomic E-state index is -0.661. The quantitative estimate of drug-likeness (QED) is 0.866. The first-order chi connectivity index (χ1) is 9.20. The zero-order chi connectivity index (χ0) is 15.1. The first kappa shape index (κ1) is 14.4. The number of anilines is 1. The van der Waals surface area contributed by atoms with Crippen LogP contribution in [0.5, 0.6) is 0 Å². The fourth-order valence-electron chi connectivity index (χ4n) is 1.81. The smallest absolute Gasteiger partial charge is 0.136 e. The molecule has 0 saturated heterocycles. The molecular weight excluding hydrogens is 260 g/mol. The molecule has 0 saturated carbocycles. The van der Waals surface area contributed by atoms with Gasteiger partial charge in [0.1, 0.15) is 23.3 Å². The molecule has 20 heavy (non-hydrogen) atoms. The number of rotatable bonds is 1. The van der Waals surface area contributed by atoms with Gasteiger partial charge in [-0.3, -0.25) is 0 Å². The van der Waals surface area contributed by atoms with Crippen molar-refractivity contribution in [3.8, 4) is 11.3 Å². The van der Waals surface area contributed by atoms with E-state index in [1.807, 2.05) is 20.8 Å². The third kappa shape index (κ3) is 2.61. The van der Waals surface area contributed by atoms with Crippen molar-refractivity contribution in [2.45, 2.75) is 33.1 Å². The maximum atomic E-state index is 13.9. The molecule has 1 heterocycles. The Labute approximate surface area is 116 Å². The van der Waals surface area contributed by atoms with Gasteiger partial charge >= 0.3 is 0 Å². The number of hydrogen-bond acceptors (Lipinski definition) is 3. The van der Waals surface area contributed by atoms with E-state index in [-0.39, 0.29) is 11.0 Å². The Morgan fingerprint density at radius 3 is 2.30 bits per heavy atom. The molecule has 0 unspecified atom stereocenters. The van der Waals surface area contributed by atoms with Crippen molar-refractivity contribution in [2.24, 2.45) is 0 Å². The van der Waals surface area contributed by atoms with Crippen LogP contribution in [0.1, 0.15) is 32.2 Å². The second-order valence-corrected chi connectivity index (χ2v) is 5.78. The number of nitrogen functional groups attached to an aromatic ring is 1. The van der Waals surface area contributed by atoms with Crippen LogP contribution < -0.4 is 5.73 Å². The van der Waals surface area contributed by atoms with Gasteiger partial charge < -0.3 is 5.73 Å². The molecule has 0 aliphatic rings. The fraction of sp³-hybridized carbons (Fsp3) is 0.333. The molecule has 106 valence electrons. The average Bonchev–Trinajstić information content (AvgIpc) is 2.32. The Morgan fingerprint density at radius 2 is 1.75 bits per heavy atom. The van der Waals surface area contributed by atoms with Crippen LogP contribution in [0.2, 0.25) is 0 Å². The van der Waals surface area contributed by atoms with Crippen LogP contribution in [0.25, 0.3) is 11.3 Å². The van der Waals surface area contributed by atoms with Crippen LogP contribution in [0.4, 0.5) is 14.6 Å². The van der Waals surface area contributed by atoms with Gasteiger partial charge in [0.05, 0.1) is 5.69 Å². The highest BCUT2D eigenvalue weighted by Crippen LogP contribution is 2.30. The summed E-state index contributed by atoms with van der Waals surface area (Å²) in [7, 11) is 0. The van der Waals surface area contributed by atoms with Crippen LogP contribution in [0.3, 0.4) is 0 Å². The Balaban J connectivity index is 2.70. The molecule has 1 aromatic carbocycles. The monoisotopic (exact) mass is 277 g/mol. The lowest BCUT2D eigenvalue weighted by atomic mass is 9.94. The maximum absolute atomic E-state index is 13.9. The minimum Gasteiger partial charge on any atom is -0.383 e. The summed E-state index contributed by atoms with van der Waals surface area (Å²) in [4.78, 5) is 8.66. The molecule has 0 radical (unpaired) electrons. The van der Waals surface area contributed by atoms with Crippen molar-refractivity contribution < 1.29 is 8.78 Å². The summed E-state index contributed by atoms with van der Waals surface area (Å²) in [5.41, 5.74) is 6.79. The average molecular weight is 277 g/mol. The van der Waals surface area contributed by atoms with Gasteiger partial charge in [0, 0.05) is 22.6 Å². The normalized spacial score (nSPS) is 11.7. The first-order valence-corrected chi connectivity index (χ1v) is 6.30. The SMILES string of the molecule is Cc1c(N)nc(C(C)(C)C)nc1-c1ccc(F)cc1F. The number of hydrogen-bond donors (Lipinski definition) is 1. The summed E-state index contributed by atoms with van der Waals surface area (Å²) in [5, 5.41) is 0. The Hall–Kier alpha value is -2.04. The van der Waals surface area contributed by atoms with E-state index in [1.165, 1.54) is 12.1 Å². The molecule has 2 rings (SSSR count). The highest BCUT2D eigenvalue weighted by atomic mass is 19.1. The topological polar surface area (TPSA) is 51.8 Å². The van der Waals surface area contributed by atoms with Crippen molar-refractivity contribution in [1.82, 2.24) is 9.97 Å². The fourth-order valence-corrected chi connectivity index (χ4v) is 1.81. The van der Waals surface area contributed by atoms with E-state index < -0.39 is 11.6 Å². The molecule has 3 nitrogen and oxygen atoms in total. The summed E-state index contributed by atoms with van der Waals surface area (Å²) in [6.45, 7) is 7.56. The molecule has 0 aliphatic carbocycles. The summed E-state index contributed by atoms with van der Waals surface area (Å²) in [5.74, 6) is -0.448. The Bertz CT molecular complexity index is 661. The largest absolute Gasteiger partial charge is 0.383 e. The molecule has 2 N–H and O–H groups in total. The van der Waals surface area contributed by atoms with Crippen molar-refractivity contribution in [1.29, 1.82) is 0 Å². The Morgan fingerprint density at radius 1 is 1.10 bits per heavy atom. The van der Waals surface area contributed by atoms with E-state index >= 15 is 0 Å². The van der Waals surface area contributed by atoms with Crippen molar-refractivity contribution in [3.05, 3.63) is 41.2 Å². The standard InChI is InChI=1S/C15H17F2N3/c1-8-12(10-6-5-9(16)7-11(10)17)19-14(15(2,3)4)20-13(8)18/h5-7H,1-4H3,(H2,18,19,20). The van der Waals surface area contributed by atoms with E-state index in [1.54, 1.807) is 6.92 Å². The number of aromatic nitrogens is 2. The molecule has 1 aromatic heterocycles. The zero-order valence-electron chi connectivity index (χ0n) is 12.0. The van der Waals surface area contributed by atoms with E-state index in [2.05, 4.69) is 9.97 Å². The predicted octanol–water partition coefficient (Wildman–Crippen LogP) is 3.61. The molecule has 0 fully saturated rings. The molecule has 5 heteroatoms. The minimum absolute atomic E-state index is 0.225. The van der Waals surface area contributed by atoms with E-state index in [0.29, 0.717) is 22.9 Å². The number of halogens is 2. The van der Waals surface area contributed by atoms with Gasteiger partial charge in [0.2, 0.25) is 0 Å².